The molecule has 0 N–H and O–H groups in total. The van der Waals surface area contributed by atoms with E-state index in [1.807, 2.05) is 41.6 Å². The summed E-state index contributed by atoms with van der Waals surface area (Å²) in [5.41, 5.74) is 5.00. The number of nitrogens with zero attached hydrogens (tertiary/aromatic N) is 1. The molecular formula is C30H33NO3S. The molecule has 0 spiro atoms. The number of fused-ring (bicyclic) bond motifs is 1. The van der Waals surface area contributed by atoms with E-state index in [4.69, 9.17) is 4.74 Å². The van der Waals surface area contributed by atoms with Gasteiger partial charge in [-0.25, -0.2) is 8.42 Å². The van der Waals surface area contributed by atoms with Crippen LogP contribution in [0.15, 0.2) is 77.7 Å². The average molecular weight is 488 g/mol. The van der Waals surface area contributed by atoms with Crippen LogP contribution < -0.4 is 4.74 Å². The SMILES string of the molecule is Cc1ccc(S(=O)(=O)N2CC[C@]34CCCC[C@H]3[C@H]2Cc2ccc(OCc3ccccc3)cc24)cc1. The van der Waals surface area contributed by atoms with Gasteiger partial charge in [0.2, 0.25) is 10.0 Å². The van der Waals surface area contributed by atoms with Crippen molar-refractivity contribution in [1.29, 1.82) is 0 Å². The third kappa shape index (κ3) is 3.89. The van der Waals surface area contributed by atoms with Crippen molar-refractivity contribution in [2.45, 2.75) is 68.4 Å². The summed E-state index contributed by atoms with van der Waals surface area (Å²) in [5, 5.41) is 0. The zero-order valence-electron chi connectivity index (χ0n) is 20.3. The van der Waals surface area contributed by atoms with Crippen LogP contribution in [0.1, 0.15) is 54.4 Å². The smallest absolute Gasteiger partial charge is 0.243 e. The molecule has 182 valence electrons. The maximum atomic E-state index is 13.8. The first-order valence-electron chi connectivity index (χ1n) is 12.9. The molecule has 0 unspecified atom stereocenters. The maximum Gasteiger partial charge on any atom is 0.243 e. The molecule has 3 atom stereocenters. The molecule has 1 saturated heterocycles. The molecule has 2 fully saturated rings. The summed E-state index contributed by atoms with van der Waals surface area (Å²) in [7, 11) is -3.52. The van der Waals surface area contributed by atoms with Crippen LogP contribution in [-0.4, -0.2) is 25.3 Å². The van der Waals surface area contributed by atoms with Gasteiger partial charge in [-0.05, 0) is 79.5 Å². The molecule has 6 rings (SSSR count). The highest BCUT2D eigenvalue weighted by atomic mass is 32.2. The highest BCUT2D eigenvalue weighted by Crippen LogP contribution is 2.57. The lowest BCUT2D eigenvalue weighted by Crippen LogP contribution is -2.62. The first-order valence-corrected chi connectivity index (χ1v) is 14.3. The summed E-state index contributed by atoms with van der Waals surface area (Å²) in [4.78, 5) is 0.418. The molecule has 2 bridgehead atoms. The van der Waals surface area contributed by atoms with E-state index in [0.717, 1.165) is 42.6 Å². The minimum Gasteiger partial charge on any atom is -0.489 e. The van der Waals surface area contributed by atoms with E-state index in [2.05, 4.69) is 30.3 Å². The number of sulfonamides is 1. The monoisotopic (exact) mass is 487 g/mol. The van der Waals surface area contributed by atoms with Crippen molar-refractivity contribution in [3.8, 4) is 5.75 Å². The first kappa shape index (κ1) is 22.8. The molecule has 0 amide bonds. The number of hydrogen-bond donors (Lipinski definition) is 0. The van der Waals surface area contributed by atoms with Crippen LogP contribution in [0.4, 0.5) is 0 Å². The van der Waals surface area contributed by atoms with Crippen LogP contribution in [0.2, 0.25) is 0 Å². The fraction of sp³-hybridized carbons (Fsp3) is 0.400. The van der Waals surface area contributed by atoms with Gasteiger partial charge < -0.3 is 4.74 Å². The van der Waals surface area contributed by atoms with Gasteiger partial charge in [-0.3, -0.25) is 0 Å². The number of rotatable bonds is 5. The molecule has 1 saturated carbocycles. The van der Waals surface area contributed by atoms with Gasteiger partial charge in [0.15, 0.2) is 0 Å². The van der Waals surface area contributed by atoms with E-state index in [9.17, 15) is 8.42 Å². The predicted molar refractivity (Wildman–Crippen MR) is 138 cm³/mol. The summed E-state index contributed by atoms with van der Waals surface area (Å²) < 4.78 is 35.6. The summed E-state index contributed by atoms with van der Waals surface area (Å²) >= 11 is 0. The topological polar surface area (TPSA) is 46.6 Å². The van der Waals surface area contributed by atoms with Crippen LogP contribution in [0.5, 0.6) is 5.75 Å². The fourth-order valence-corrected chi connectivity index (χ4v) is 8.58. The molecule has 4 nitrogen and oxygen atoms in total. The third-order valence-corrected chi connectivity index (χ3v) is 10.6. The Morgan fingerprint density at radius 3 is 2.57 bits per heavy atom. The standard InChI is InChI=1S/C30H33NO3S/c1-22-10-14-26(15-11-22)35(32,33)31-18-17-30-16-6-5-9-27(30)29(31)19-24-12-13-25(20-28(24)30)34-21-23-7-3-2-4-8-23/h2-4,7-8,10-15,20,27,29H,5-6,9,16-19,21H2,1H3/t27-,29+,30+/m0/s1. The van der Waals surface area contributed by atoms with Gasteiger partial charge >= 0.3 is 0 Å². The Bertz CT molecular complexity index is 1320. The molecular weight excluding hydrogens is 454 g/mol. The van der Waals surface area contributed by atoms with E-state index >= 15 is 0 Å². The van der Waals surface area contributed by atoms with E-state index in [0.29, 0.717) is 24.0 Å². The maximum absolute atomic E-state index is 13.8. The van der Waals surface area contributed by atoms with Gasteiger partial charge in [0.25, 0.3) is 0 Å². The van der Waals surface area contributed by atoms with Gasteiger partial charge in [-0.2, -0.15) is 4.31 Å². The van der Waals surface area contributed by atoms with Crippen LogP contribution in [0, 0.1) is 12.8 Å². The van der Waals surface area contributed by atoms with Crippen LogP contribution >= 0.6 is 0 Å². The lowest BCUT2D eigenvalue weighted by molar-refractivity contribution is 0.0313. The van der Waals surface area contributed by atoms with Gasteiger partial charge in [-0.1, -0.05) is 66.9 Å². The number of hydrogen-bond acceptors (Lipinski definition) is 3. The minimum atomic E-state index is -3.52. The molecule has 3 aromatic rings. The van der Waals surface area contributed by atoms with Crippen LogP contribution in [-0.2, 0) is 28.5 Å². The molecule has 3 aromatic carbocycles. The lowest BCUT2D eigenvalue weighted by atomic mass is 9.53. The molecule has 5 heteroatoms. The summed E-state index contributed by atoms with van der Waals surface area (Å²) in [6, 6.07) is 24.2. The second kappa shape index (κ2) is 8.79. The molecule has 0 radical (unpaired) electrons. The zero-order valence-corrected chi connectivity index (χ0v) is 21.1. The van der Waals surface area contributed by atoms with Crippen molar-refractivity contribution in [2.24, 2.45) is 5.92 Å². The van der Waals surface area contributed by atoms with Crippen molar-refractivity contribution in [1.82, 2.24) is 4.31 Å². The summed E-state index contributed by atoms with van der Waals surface area (Å²) in [5.74, 6) is 1.28. The van der Waals surface area contributed by atoms with Crippen molar-refractivity contribution in [3.63, 3.8) is 0 Å². The normalized spacial score (nSPS) is 26.0. The van der Waals surface area contributed by atoms with E-state index in [1.54, 1.807) is 12.1 Å². The van der Waals surface area contributed by atoms with E-state index in [-0.39, 0.29) is 11.5 Å². The van der Waals surface area contributed by atoms with Crippen molar-refractivity contribution < 1.29 is 13.2 Å². The Hall–Kier alpha value is -2.63. The van der Waals surface area contributed by atoms with Gasteiger partial charge in [0.05, 0.1) is 4.90 Å². The fourth-order valence-electron chi connectivity index (χ4n) is 6.92. The number of aryl methyl sites for hydroxylation is 1. The quantitative estimate of drug-likeness (QED) is 0.442. The Kier molecular flexibility index (Phi) is 5.73. The second-order valence-electron chi connectivity index (χ2n) is 10.6. The van der Waals surface area contributed by atoms with Gasteiger partial charge in [0.1, 0.15) is 12.4 Å². The minimum absolute atomic E-state index is 0.0268. The lowest BCUT2D eigenvalue weighted by Gasteiger charge is -2.58. The average Bonchev–Trinajstić information content (AvgIpc) is 2.88. The number of ether oxygens (including phenoxy) is 1. The van der Waals surface area contributed by atoms with Gasteiger partial charge in [-0.15, -0.1) is 0 Å². The van der Waals surface area contributed by atoms with Crippen LogP contribution in [0.3, 0.4) is 0 Å². The Balaban J connectivity index is 1.34. The Morgan fingerprint density at radius 2 is 1.77 bits per heavy atom. The van der Waals surface area contributed by atoms with Gasteiger partial charge in [0, 0.05) is 18.0 Å². The molecule has 2 aliphatic carbocycles. The Labute approximate surface area is 209 Å². The Morgan fingerprint density at radius 1 is 0.971 bits per heavy atom. The molecule has 3 aliphatic rings. The second-order valence-corrected chi connectivity index (χ2v) is 12.4. The van der Waals surface area contributed by atoms with Crippen LogP contribution in [0.25, 0.3) is 0 Å². The predicted octanol–water partition coefficient (Wildman–Crippen LogP) is 6.02. The zero-order chi connectivity index (χ0) is 24.0. The molecule has 1 heterocycles. The molecule has 35 heavy (non-hydrogen) atoms. The van der Waals surface area contributed by atoms with Crippen molar-refractivity contribution in [3.05, 3.63) is 95.1 Å². The third-order valence-electron chi connectivity index (χ3n) is 8.63. The molecule has 1 aliphatic heterocycles. The molecule has 0 aromatic heterocycles. The first-order chi connectivity index (χ1) is 17.0. The van der Waals surface area contributed by atoms with Crippen molar-refractivity contribution >= 4 is 10.0 Å². The number of piperidine rings is 1. The summed E-state index contributed by atoms with van der Waals surface area (Å²) in [6.07, 6.45) is 6.30. The summed E-state index contributed by atoms with van der Waals surface area (Å²) in [6.45, 7) is 3.14. The highest BCUT2D eigenvalue weighted by Gasteiger charge is 2.56. The highest BCUT2D eigenvalue weighted by molar-refractivity contribution is 7.89. The number of benzene rings is 3. The van der Waals surface area contributed by atoms with E-state index < -0.39 is 10.0 Å². The largest absolute Gasteiger partial charge is 0.489 e. The van der Waals surface area contributed by atoms with E-state index in [1.165, 1.54) is 24.0 Å². The van der Waals surface area contributed by atoms with Crippen molar-refractivity contribution in [2.75, 3.05) is 6.54 Å².